The summed E-state index contributed by atoms with van der Waals surface area (Å²) in [5.74, 6) is 0.916. The summed E-state index contributed by atoms with van der Waals surface area (Å²) in [5.41, 5.74) is 7.22. The van der Waals surface area contributed by atoms with E-state index in [1.807, 2.05) is 20.9 Å². The average Bonchev–Trinajstić information content (AvgIpc) is 3.06. The molecule has 1 aliphatic rings. The molecular weight excluding hydrogens is 218 g/mol. The fourth-order valence-electron chi connectivity index (χ4n) is 2.10. The molecule has 1 aromatic heterocycles. The molecule has 0 radical (unpaired) electrons. The number of carbonyl (C=O) groups excluding carboxylic acids is 1. The van der Waals surface area contributed by atoms with Crippen LogP contribution in [0.3, 0.4) is 0 Å². The number of amides is 1. The molecule has 0 unspecified atom stereocenters. The Labute approximate surface area is 101 Å². The number of aromatic nitrogens is 1. The van der Waals surface area contributed by atoms with Crippen molar-refractivity contribution in [1.29, 1.82) is 0 Å². The number of rotatable bonds is 4. The Hall–Kier alpha value is -1.36. The highest BCUT2D eigenvalue weighted by Gasteiger charge is 2.49. The number of nitrogens with zero attached hydrogens (tertiary/aromatic N) is 2. The van der Waals surface area contributed by atoms with Crippen LogP contribution in [0.5, 0.6) is 0 Å². The van der Waals surface area contributed by atoms with Gasteiger partial charge in [0.25, 0.3) is 0 Å². The molecule has 1 amide bonds. The van der Waals surface area contributed by atoms with Gasteiger partial charge in [0.2, 0.25) is 5.91 Å². The molecule has 0 spiro atoms. The fraction of sp³-hybridized carbons (Fsp3) is 0.667. The normalized spacial score (nSPS) is 16.9. The molecule has 1 heterocycles. The van der Waals surface area contributed by atoms with E-state index in [0.717, 1.165) is 29.9 Å². The largest absolute Gasteiger partial charge is 0.361 e. The maximum Gasteiger partial charge on any atom is 0.230 e. The summed E-state index contributed by atoms with van der Waals surface area (Å²) in [6, 6.07) is 0. The van der Waals surface area contributed by atoms with E-state index >= 15 is 0 Å². The van der Waals surface area contributed by atoms with Gasteiger partial charge in [0.15, 0.2) is 0 Å². The van der Waals surface area contributed by atoms with Crippen LogP contribution in [-0.2, 0) is 11.3 Å². The maximum atomic E-state index is 12.2. The smallest absolute Gasteiger partial charge is 0.230 e. The van der Waals surface area contributed by atoms with Gasteiger partial charge in [-0.25, -0.2) is 0 Å². The molecule has 1 aliphatic carbocycles. The van der Waals surface area contributed by atoms with Crippen molar-refractivity contribution in [3.8, 4) is 0 Å². The summed E-state index contributed by atoms with van der Waals surface area (Å²) in [7, 11) is 1.81. The first kappa shape index (κ1) is 12.1. The Bertz CT molecular complexity index is 415. The summed E-state index contributed by atoms with van der Waals surface area (Å²) in [4.78, 5) is 13.9. The first-order valence-electron chi connectivity index (χ1n) is 5.87. The third-order valence-electron chi connectivity index (χ3n) is 3.62. The zero-order valence-electron chi connectivity index (χ0n) is 10.6. The van der Waals surface area contributed by atoms with Crippen molar-refractivity contribution in [2.24, 2.45) is 11.1 Å². The highest BCUT2D eigenvalue weighted by Crippen LogP contribution is 2.46. The third-order valence-corrected chi connectivity index (χ3v) is 3.62. The Morgan fingerprint density at radius 3 is 2.59 bits per heavy atom. The fourth-order valence-corrected chi connectivity index (χ4v) is 2.10. The van der Waals surface area contributed by atoms with Gasteiger partial charge in [0.05, 0.1) is 17.7 Å². The monoisotopic (exact) mass is 237 g/mol. The number of hydrogen-bond donors (Lipinski definition) is 1. The van der Waals surface area contributed by atoms with Gasteiger partial charge in [-0.15, -0.1) is 0 Å². The Kier molecular flexibility index (Phi) is 2.95. The average molecular weight is 237 g/mol. The van der Waals surface area contributed by atoms with Crippen LogP contribution in [0.1, 0.15) is 29.9 Å². The van der Waals surface area contributed by atoms with E-state index in [1.165, 1.54) is 0 Å². The van der Waals surface area contributed by atoms with Crippen molar-refractivity contribution in [2.45, 2.75) is 33.2 Å². The lowest BCUT2D eigenvalue weighted by molar-refractivity contribution is -0.135. The summed E-state index contributed by atoms with van der Waals surface area (Å²) >= 11 is 0. The van der Waals surface area contributed by atoms with Crippen LogP contribution in [0.15, 0.2) is 4.52 Å². The minimum Gasteiger partial charge on any atom is -0.361 e. The molecule has 2 N–H and O–H groups in total. The van der Waals surface area contributed by atoms with Crippen LogP contribution < -0.4 is 5.73 Å². The van der Waals surface area contributed by atoms with Crippen molar-refractivity contribution in [3.63, 3.8) is 0 Å². The van der Waals surface area contributed by atoms with Crippen molar-refractivity contribution in [3.05, 3.63) is 17.0 Å². The molecule has 0 saturated heterocycles. The Balaban J connectivity index is 2.07. The van der Waals surface area contributed by atoms with E-state index in [9.17, 15) is 4.79 Å². The topological polar surface area (TPSA) is 72.4 Å². The second-order valence-electron chi connectivity index (χ2n) is 4.95. The van der Waals surface area contributed by atoms with Crippen molar-refractivity contribution >= 4 is 5.91 Å². The number of aryl methyl sites for hydroxylation is 2. The number of carbonyl (C=O) groups is 1. The Morgan fingerprint density at radius 2 is 2.18 bits per heavy atom. The summed E-state index contributed by atoms with van der Waals surface area (Å²) in [6.45, 7) is 4.74. The Morgan fingerprint density at radius 1 is 1.53 bits per heavy atom. The van der Waals surface area contributed by atoms with E-state index in [0.29, 0.717) is 13.1 Å². The first-order chi connectivity index (χ1) is 8.00. The van der Waals surface area contributed by atoms with Crippen LogP contribution in [0.4, 0.5) is 0 Å². The van der Waals surface area contributed by atoms with Crippen LogP contribution in [0.25, 0.3) is 0 Å². The lowest BCUT2D eigenvalue weighted by Crippen LogP contribution is -2.37. The first-order valence-corrected chi connectivity index (χ1v) is 5.87. The van der Waals surface area contributed by atoms with Gasteiger partial charge < -0.3 is 15.2 Å². The van der Waals surface area contributed by atoms with Gasteiger partial charge in [-0.2, -0.15) is 0 Å². The maximum absolute atomic E-state index is 12.2. The third kappa shape index (κ3) is 2.07. The molecule has 0 bridgehead atoms. The molecule has 0 atom stereocenters. The highest BCUT2D eigenvalue weighted by atomic mass is 16.5. The van der Waals surface area contributed by atoms with Gasteiger partial charge in [0.1, 0.15) is 5.76 Å². The molecule has 5 nitrogen and oxygen atoms in total. The zero-order chi connectivity index (χ0) is 12.6. The second kappa shape index (κ2) is 4.14. The predicted molar refractivity (Wildman–Crippen MR) is 63.2 cm³/mol. The van der Waals surface area contributed by atoms with E-state index < -0.39 is 0 Å². The van der Waals surface area contributed by atoms with Crippen molar-refractivity contribution in [1.82, 2.24) is 10.1 Å². The number of hydrogen-bond acceptors (Lipinski definition) is 4. The second-order valence-corrected chi connectivity index (χ2v) is 4.95. The van der Waals surface area contributed by atoms with Gasteiger partial charge >= 0.3 is 0 Å². The van der Waals surface area contributed by atoms with Crippen LogP contribution in [0, 0.1) is 19.3 Å². The molecule has 94 valence electrons. The summed E-state index contributed by atoms with van der Waals surface area (Å²) in [5, 5.41) is 3.89. The lowest BCUT2D eigenvalue weighted by atomic mass is 10.1. The van der Waals surface area contributed by atoms with E-state index in [1.54, 1.807) is 4.90 Å². The van der Waals surface area contributed by atoms with Crippen LogP contribution >= 0.6 is 0 Å². The minimum atomic E-state index is -0.284. The van der Waals surface area contributed by atoms with Crippen LogP contribution in [0.2, 0.25) is 0 Å². The zero-order valence-corrected chi connectivity index (χ0v) is 10.6. The SMILES string of the molecule is Cc1noc(C)c1CN(C)C(=O)C1(CN)CC1. The molecule has 2 rings (SSSR count). The van der Waals surface area contributed by atoms with E-state index in [2.05, 4.69) is 5.16 Å². The van der Waals surface area contributed by atoms with Gasteiger partial charge in [-0.05, 0) is 26.7 Å². The standard InChI is InChI=1S/C12H19N3O2/c1-8-10(9(2)17-14-8)6-15(3)11(16)12(7-13)4-5-12/h4-7,13H2,1-3H3. The molecular formula is C12H19N3O2. The van der Waals surface area contributed by atoms with Crippen LogP contribution in [-0.4, -0.2) is 29.6 Å². The summed E-state index contributed by atoms with van der Waals surface area (Å²) < 4.78 is 5.09. The predicted octanol–water partition coefficient (Wildman–Crippen LogP) is 0.989. The minimum absolute atomic E-state index is 0.139. The molecule has 0 aromatic carbocycles. The number of nitrogens with two attached hydrogens (primary N) is 1. The molecule has 1 aromatic rings. The summed E-state index contributed by atoms with van der Waals surface area (Å²) in [6.07, 6.45) is 1.82. The van der Waals surface area contributed by atoms with E-state index in [-0.39, 0.29) is 11.3 Å². The van der Waals surface area contributed by atoms with Gasteiger partial charge in [0, 0.05) is 19.2 Å². The highest BCUT2D eigenvalue weighted by molar-refractivity contribution is 5.85. The molecule has 0 aliphatic heterocycles. The molecule has 17 heavy (non-hydrogen) atoms. The lowest BCUT2D eigenvalue weighted by Gasteiger charge is -2.22. The van der Waals surface area contributed by atoms with E-state index in [4.69, 9.17) is 10.3 Å². The quantitative estimate of drug-likeness (QED) is 0.847. The van der Waals surface area contributed by atoms with Crippen molar-refractivity contribution in [2.75, 3.05) is 13.6 Å². The molecule has 1 fully saturated rings. The van der Waals surface area contributed by atoms with Gasteiger partial charge in [-0.3, -0.25) is 4.79 Å². The molecule has 1 saturated carbocycles. The van der Waals surface area contributed by atoms with Crippen molar-refractivity contribution < 1.29 is 9.32 Å². The van der Waals surface area contributed by atoms with Gasteiger partial charge in [-0.1, -0.05) is 5.16 Å². The molecule has 5 heteroatoms.